The summed E-state index contributed by atoms with van der Waals surface area (Å²) >= 11 is 4.84. The van der Waals surface area contributed by atoms with Crippen molar-refractivity contribution in [3.05, 3.63) is 68.6 Å². The maximum Gasteiger partial charge on any atom is 0.285 e. The third-order valence-corrected chi connectivity index (χ3v) is 3.45. The number of anilines is 1. The first kappa shape index (κ1) is 17.3. The van der Waals surface area contributed by atoms with E-state index in [1.165, 1.54) is 0 Å². The Labute approximate surface area is 142 Å². The lowest BCUT2D eigenvalue weighted by atomic mass is 10.2. The number of rotatable bonds is 6. The Bertz CT molecular complexity index is 845. The number of pyridine rings is 1. The van der Waals surface area contributed by atoms with Crippen molar-refractivity contribution in [3.63, 3.8) is 0 Å². The van der Waals surface area contributed by atoms with Gasteiger partial charge in [0, 0.05) is 36.3 Å². The van der Waals surface area contributed by atoms with Gasteiger partial charge in [-0.2, -0.15) is 0 Å². The number of nitrogens with zero attached hydrogens (tertiary/aromatic N) is 2. The van der Waals surface area contributed by atoms with E-state index in [-0.39, 0.29) is 29.5 Å². The third kappa shape index (κ3) is 4.46. The number of nitrogens with one attached hydrogen (secondary N) is 1. The molecule has 0 aliphatic rings. The van der Waals surface area contributed by atoms with E-state index in [1.807, 2.05) is 0 Å². The van der Waals surface area contributed by atoms with Gasteiger partial charge in [0.05, 0.1) is 11.1 Å². The van der Waals surface area contributed by atoms with Gasteiger partial charge in [-0.05, 0) is 24.3 Å². The largest absolute Gasteiger partial charge is 0.389 e. The number of amides is 1. The Kier molecular flexibility index (Phi) is 5.38. The normalized spacial score (nSPS) is 10.2. The molecule has 124 valence electrons. The molecule has 0 atom stereocenters. The lowest BCUT2D eigenvalue weighted by molar-refractivity contribution is -0.385. The Morgan fingerprint density at radius 1 is 1.25 bits per heavy atom. The van der Waals surface area contributed by atoms with E-state index in [4.69, 9.17) is 18.0 Å². The minimum absolute atomic E-state index is 0.00186. The van der Waals surface area contributed by atoms with Gasteiger partial charge in [-0.3, -0.25) is 19.7 Å². The van der Waals surface area contributed by atoms with Crippen molar-refractivity contribution in [3.8, 4) is 0 Å². The molecule has 0 spiro atoms. The summed E-state index contributed by atoms with van der Waals surface area (Å²) in [5, 5.41) is 13.4. The minimum Gasteiger partial charge on any atom is -0.389 e. The molecule has 0 saturated heterocycles. The zero-order chi connectivity index (χ0) is 17.7. The lowest BCUT2D eigenvalue weighted by Gasteiger charge is -2.07. The maximum absolute atomic E-state index is 11.9. The predicted octanol–water partition coefficient (Wildman–Crippen LogP) is 1.42. The average molecular weight is 346 g/mol. The average Bonchev–Trinajstić information content (AvgIpc) is 2.54. The van der Waals surface area contributed by atoms with Crippen LogP contribution < -0.4 is 16.6 Å². The fraction of sp³-hybridized carbons (Fsp3) is 0.133. The van der Waals surface area contributed by atoms with Crippen molar-refractivity contribution in [2.75, 3.05) is 5.32 Å². The van der Waals surface area contributed by atoms with Crippen LogP contribution in [0.25, 0.3) is 0 Å². The van der Waals surface area contributed by atoms with Crippen LogP contribution in [-0.4, -0.2) is 20.4 Å². The second-order valence-corrected chi connectivity index (χ2v) is 5.36. The summed E-state index contributed by atoms with van der Waals surface area (Å²) in [6.45, 7) is 0.0390. The first-order chi connectivity index (χ1) is 11.4. The standard InChI is InChI=1S/C15H14N4O4S/c16-15(24)10-1-3-11(4-2-10)17-13(20)7-8-18-9-12(19(22)23)5-6-14(18)21/h1-6,9H,7-8H2,(H2,16,24)(H,17,20). The third-order valence-electron chi connectivity index (χ3n) is 3.21. The number of nitro groups is 1. The molecule has 9 heteroatoms. The highest BCUT2D eigenvalue weighted by molar-refractivity contribution is 7.80. The molecule has 1 amide bonds. The molecule has 0 radical (unpaired) electrons. The van der Waals surface area contributed by atoms with E-state index in [2.05, 4.69) is 5.32 Å². The lowest BCUT2D eigenvalue weighted by Crippen LogP contribution is -2.22. The van der Waals surface area contributed by atoms with Gasteiger partial charge >= 0.3 is 0 Å². The highest BCUT2D eigenvalue weighted by Crippen LogP contribution is 2.10. The Morgan fingerprint density at radius 3 is 2.50 bits per heavy atom. The minimum atomic E-state index is -0.598. The van der Waals surface area contributed by atoms with Gasteiger partial charge in [0.1, 0.15) is 4.99 Å². The summed E-state index contributed by atoms with van der Waals surface area (Å²) < 4.78 is 1.13. The summed E-state index contributed by atoms with van der Waals surface area (Å²) in [7, 11) is 0. The summed E-state index contributed by atoms with van der Waals surface area (Å²) in [5.41, 5.74) is 6.12. The van der Waals surface area contributed by atoms with Crippen LogP contribution >= 0.6 is 12.2 Å². The number of nitrogens with two attached hydrogens (primary N) is 1. The van der Waals surface area contributed by atoms with Crippen LogP contribution in [-0.2, 0) is 11.3 Å². The van der Waals surface area contributed by atoms with Crippen LogP contribution in [0.15, 0.2) is 47.4 Å². The molecule has 0 aliphatic heterocycles. The highest BCUT2D eigenvalue weighted by Gasteiger charge is 2.09. The summed E-state index contributed by atoms with van der Waals surface area (Å²) in [6, 6.07) is 8.91. The first-order valence-electron chi connectivity index (χ1n) is 6.91. The van der Waals surface area contributed by atoms with Gasteiger partial charge in [-0.15, -0.1) is 0 Å². The van der Waals surface area contributed by atoms with Crippen molar-refractivity contribution in [2.45, 2.75) is 13.0 Å². The molecule has 1 aromatic heterocycles. The van der Waals surface area contributed by atoms with E-state index in [0.717, 1.165) is 22.9 Å². The molecule has 3 N–H and O–H groups in total. The highest BCUT2D eigenvalue weighted by atomic mass is 32.1. The van der Waals surface area contributed by atoms with Crippen LogP contribution in [0.2, 0.25) is 0 Å². The number of carbonyl (C=O) groups excluding carboxylic acids is 1. The molecule has 1 heterocycles. The Balaban J connectivity index is 1.98. The topological polar surface area (TPSA) is 120 Å². The van der Waals surface area contributed by atoms with Gasteiger partial charge in [-0.1, -0.05) is 12.2 Å². The number of hydrogen-bond donors (Lipinski definition) is 2. The molecule has 8 nitrogen and oxygen atoms in total. The van der Waals surface area contributed by atoms with E-state index >= 15 is 0 Å². The van der Waals surface area contributed by atoms with E-state index < -0.39 is 10.5 Å². The number of aromatic nitrogens is 1. The van der Waals surface area contributed by atoms with Crippen molar-refractivity contribution in [1.29, 1.82) is 0 Å². The molecule has 1 aromatic carbocycles. The zero-order valence-corrected chi connectivity index (χ0v) is 13.3. The van der Waals surface area contributed by atoms with Crippen LogP contribution in [0.4, 0.5) is 11.4 Å². The van der Waals surface area contributed by atoms with Crippen LogP contribution in [0, 0.1) is 10.1 Å². The molecular formula is C15H14N4O4S. The monoisotopic (exact) mass is 346 g/mol. The zero-order valence-electron chi connectivity index (χ0n) is 12.5. The quantitative estimate of drug-likeness (QED) is 0.464. The predicted molar refractivity (Wildman–Crippen MR) is 92.9 cm³/mol. The number of thiocarbonyl (C=S) groups is 1. The van der Waals surface area contributed by atoms with Gasteiger partial charge in [0.25, 0.3) is 11.2 Å². The Morgan fingerprint density at radius 2 is 1.92 bits per heavy atom. The van der Waals surface area contributed by atoms with E-state index in [0.29, 0.717) is 11.3 Å². The smallest absolute Gasteiger partial charge is 0.285 e. The van der Waals surface area contributed by atoms with Crippen molar-refractivity contribution in [2.24, 2.45) is 5.73 Å². The Hall–Kier alpha value is -3.07. The van der Waals surface area contributed by atoms with E-state index in [1.54, 1.807) is 24.3 Å². The molecule has 2 rings (SSSR count). The fourth-order valence-corrected chi connectivity index (χ4v) is 2.10. The first-order valence-corrected chi connectivity index (χ1v) is 7.32. The molecule has 2 aromatic rings. The molecular weight excluding hydrogens is 332 g/mol. The summed E-state index contributed by atoms with van der Waals surface area (Å²) in [6.07, 6.45) is 1.12. The SMILES string of the molecule is NC(=S)c1ccc(NC(=O)CCn2cc([N+](=O)[O-])ccc2=O)cc1. The van der Waals surface area contributed by atoms with Crippen LogP contribution in [0.3, 0.4) is 0 Å². The molecule has 0 bridgehead atoms. The number of hydrogen-bond acceptors (Lipinski definition) is 5. The molecule has 0 saturated carbocycles. The van der Waals surface area contributed by atoms with Crippen molar-refractivity contribution < 1.29 is 9.72 Å². The van der Waals surface area contributed by atoms with Gasteiger partial charge in [0.15, 0.2) is 0 Å². The second kappa shape index (κ2) is 7.47. The van der Waals surface area contributed by atoms with Gasteiger partial charge in [-0.25, -0.2) is 0 Å². The molecule has 0 fully saturated rings. The van der Waals surface area contributed by atoms with Crippen LogP contribution in [0.5, 0.6) is 0 Å². The fourth-order valence-electron chi connectivity index (χ4n) is 1.96. The van der Waals surface area contributed by atoms with Crippen molar-refractivity contribution in [1.82, 2.24) is 4.57 Å². The number of aryl methyl sites for hydroxylation is 1. The van der Waals surface area contributed by atoms with Crippen LogP contribution in [0.1, 0.15) is 12.0 Å². The number of carbonyl (C=O) groups is 1. The van der Waals surface area contributed by atoms with Gasteiger partial charge in [0.2, 0.25) is 5.91 Å². The molecule has 24 heavy (non-hydrogen) atoms. The van der Waals surface area contributed by atoms with E-state index in [9.17, 15) is 19.7 Å². The molecule has 0 unspecified atom stereocenters. The second-order valence-electron chi connectivity index (χ2n) is 4.92. The molecule has 0 aliphatic carbocycles. The number of benzene rings is 1. The maximum atomic E-state index is 11.9. The summed E-state index contributed by atoms with van der Waals surface area (Å²) in [4.78, 5) is 34.0. The van der Waals surface area contributed by atoms with Crippen molar-refractivity contribution >= 4 is 34.5 Å². The summed E-state index contributed by atoms with van der Waals surface area (Å²) in [5.74, 6) is -0.323. The van der Waals surface area contributed by atoms with Gasteiger partial charge < -0.3 is 15.6 Å².